The molecular weight excluding hydrogens is 628 g/mol. The van der Waals surface area contributed by atoms with Gasteiger partial charge < -0.3 is 0 Å². The van der Waals surface area contributed by atoms with Crippen LogP contribution in [0.1, 0.15) is 54.3 Å². The number of amides is 4. The molecule has 4 amide bonds. The van der Waals surface area contributed by atoms with Crippen LogP contribution < -0.4 is 0 Å². The molecule has 0 fully saturated rings. The van der Waals surface area contributed by atoms with E-state index in [1.165, 1.54) is 18.6 Å². The molecule has 33 heavy (non-hydrogen) atoms. The molecule has 0 saturated heterocycles. The number of benzene rings is 2. The molecule has 2 aromatic carbocycles. The smallest absolute Gasteiger partial charge is 0.278 e. The number of imide groups is 2. The van der Waals surface area contributed by atoms with Crippen LogP contribution in [0.3, 0.4) is 0 Å². The van der Waals surface area contributed by atoms with Gasteiger partial charge in [0.25, 0.3) is 23.6 Å². The first-order valence-electron chi connectivity index (χ1n) is 9.84. The molecule has 0 radical (unpaired) electrons. The first kappa shape index (κ1) is 27.3. The topological polar surface area (TPSA) is 104 Å². The van der Waals surface area contributed by atoms with E-state index in [-0.39, 0.29) is 28.0 Å². The SMILES string of the molecule is BrCCCBr.O=C1c2ccccc2C(=O)N1O.O=C1c2ccccc2C(=O)N1OCCCBr. The van der Waals surface area contributed by atoms with Crippen molar-refractivity contribution in [1.29, 1.82) is 0 Å². The number of halogens is 3. The van der Waals surface area contributed by atoms with Crippen LogP contribution in [0.4, 0.5) is 0 Å². The summed E-state index contributed by atoms with van der Waals surface area (Å²) in [6.07, 6.45) is 1.97. The van der Waals surface area contributed by atoms with E-state index >= 15 is 0 Å². The number of hydrogen-bond acceptors (Lipinski definition) is 6. The number of hydroxylamine groups is 4. The summed E-state index contributed by atoms with van der Waals surface area (Å²) in [5, 5.41) is 12.9. The fourth-order valence-corrected chi connectivity index (χ4v) is 4.26. The van der Waals surface area contributed by atoms with Gasteiger partial charge in [-0.3, -0.25) is 29.2 Å². The van der Waals surface area contributed by atoms with Gasteiger partial charge >= 0.3 is 0 Å². The van der Waals surface area contributed by atoms with E-state index in [2.05, 4.69) is 47.8 Å². The van der Waals surface area contributed by atoms with Gasteiger partial charge in [0.05, 0.1) is 28.9 Å². The minimum absolute atomic E-state index is 0.130. The fraction of sp³-hybridized carbons (Fsp3) is 0.273. The molecule has 2 heterocycles. The van der Waals surface area contributed by atoms with Crippen molar-refractivity contribution in [2.45, 2.75) is 12.8 Å². The van der Waals surface area contributed by atoms with E-state index < -0.39 is 11.8 Å². The second-order valence-corrected chi connectivity index (χ2v) is 8.90. The Morgan fingerprint density at radius 2 is 1.00 bits per heavy atom. The van der Waals surface area contributed by atoms with Crippen molar-refractivity contribution in [3.8, 4) is 0 Å². The van der Waals surface area contributed by atoms with Gasteiger partial charge in [-0.15, -0.1) is 10.1 Å². The van der Waals surface area contributed by atoms with Crippen LogP contribution >= 0.6 is 47.8 Å². The average Bonchev–Trinajstić information content (AvgIpc) is 3.21. The minimum Gasteiger partial charge on any atom is -0.278 e. The van der Waals surface area contributed by atoms with Crippen molar-refractivity contribution in [2.24, 2.45) is 0 Å². The van der Waals surface area contributed by atoms with Crippen molar-refractivity contribution in [2.75, 3.05) is 22.6 Å². The van der Waals surface area contributed by atoms with E-state index in [1.54, 1.807) is 36.4 Å². The molecule has 0 spiro atoms. The highest BCUT2D eigenvalue weighted by Crippen LogP contribution is 2.22. The van der Waals surface area contributed by atoms with Crippen molar-refractivity contribution in [1.82, 2.24) is 10.1 Å². The molecule has 0 aliphatic carbocycles. The van der Waals surface area contributed by atoms with Gasteiger partial charge in [-0.1, -0.05) is 72.1 Å². The Morgan fingerprint density at radius 1 is 0.636 bits per heavy atom. The summed E-state index contributed by atoms with van der Waals surface area (Å²) < 4.78 is 0. The minimum atomic E-state index is -0.657. The summed E-state index contributed by atoms with van der Waals surface area (Å²) in [6.45, 7) is 0.344. The summed E-state index contributed by atoms with van der Waals surface area (Å²) in [7, 11) is 0. The highest BCUT2D eigenvalue weighted by molar-refractivity contribution is 9.09. The lowest BCUT2D eigenvalue weighted by Crippen LogP contribution is -2.30. The summed E-state index contributed by atoms with van der Waals surface area (Å²) in [6, 6.07) is 13.0. The lowest BCUT2D eigenvalue weighted by Gasteiger charge is -2.12. The highest BCUT2D eigenvalue weighted by Gasteiger charge is 2.36. The molecule has 0 unspecified atom stereocenters. The molecule has 11 heteroatoms. The van der Waals surface area contributed by atoms with Crippen LogP contribution in [0.5, 0.6) is 0 Å². The number of carbonyl (C=O) groups is 4. The maximum atomic E-state index is 11.8. The number of fused-ring (bicyclic) bond motifs is 2. The molecular formula is C22H21Br3N2O6. The average molecular weight is 649 g/mol. The molecule has 2 aliphatic rings. The summed E-state index contributed by atoms with van der Waals surface area (Å²) in [4.78, 5) is 50.8. The molecule has 176 valence electrons. The Balaban J connectivity index is 0.000000200. The Kier molecular flexibility index (Phi) is 11.3. The Morgan fingerprint density at radius 3 is 1.33 bits per heavy atom. The molecule has 4 rings (SSSR count). The Bertz CT molecular complexity index is 945. The molecule has 0 aromatic heterocycles. The zero-order valence-electron chi connectivity index (χ0n) is 17.4. The van der Waals surface area contributed by atoms with E-state index in [9.17, 15) is 19.2 Å². The summed E-state index contributed by atoms with van der Waals surface area (Å²) in [5.41, 5.74) is 1.33. The van der Waals surface area contributed by atoms with Gasteiger partial charge in [-0.25, -0.2) is 0 Å². The van der Waals surface area contributed by atoms with Crippen LogP contribution in [-0.2, 0) is 4.84 Å². The van der Waals surface area contributed by atoms with Crippen LogP contribution in [0, 0.1) is 0 Å². The predicted octanol–water partition coefficient (Wildman–Crippen LogP) is 4.84. The largest absolute Gasteiger partial charge is 0.285 e. The van der Waals surface area contributed by atoms with Crippen molar-refractivity contribution in [3.63, 3.8) is 0 Å². The molecule has 0 saturated carbocycles. The maximum Gasteiger partial charge on any atom is 0.285 e. The Hall–Kier alpha value is -1.92. The lowest BCUT2D eigenvalue weighted by atomic mass is 10.1. The lowest BCUT2D eigenvalue weighted by molar-refractivity contribution is -0.0907. The number of hydrogen-bond donors (Lipinski definition) is 1. The number of carbonyl (C=O) groups excluding carboxylic acids is 4. The predicted molar refractivity (Wildman–Crippen MR) is 132 cm³/mol. The standard InChI is InChI=1S/C11H10BrNO3.C8H5NO3.C3H6Br2/c12-6-3-7-16-13-10(14)8-4-1-2-5-9(8)11(13)15;10-7-5-3-1-2-4-6(5)8(11)9(7)12;4-2-1-3-5/h1-2,4-5H,3,6-7H2;1-4,12H;1-3H2. The number of nitrogens with zero attached hydrogens (tertiary/aromatic N) is 2. The molecule has 8 nitrogen and oxygen atoms in total. The first-order valence-corrected chi connectivity index (χ1v) is 13.2. The Labute approximate surface area is 216 Å². The third-order valence-electron chi connectivity index (χ3n) is 4.30. The van der Waals surface area contributed by atoms with Gasteiger partial charge in [0.1, 0.15) is 0 Å². The zero-order valence-corrected chi connectivity index (χ0v) is 22.1. The van der Waals surface area contributed by atoms with Gasteiger partial charge in [0.15, 0.2) is 0 Å². The molecule has 0 bridgehead atoms. The van der Waals surface area contributed by atoms with Crippen molar-refractivity contribution in [3.05, 3.63) is 70.8 Å². The van der Waals surface area contributed by atoms with Crippen LogP contribution in [0.25, 0.3) is 0 Å². The van der Waals surface area contributed by atoms with E-state index in [4.69, 9.17) is 10.0 Å². The van der Waals surface area contributed by atoms with Gasteiger partial charge in [0.2, 0.25) is 0 Å². The van der Waals surface area contributed by atoms with E-state index in [0.717, 1.165) is 27.5 Å². The molecule has 2 aliphatic heterocycles. The third kappa shape index (κ3) is 6.80. The number of rotatable bonds is 6. The zero-order chi connectivity index (χ0) is 24.4. The van der Waals surface area contributed by atoms with Crippen molar-refractivity contribution >= 4 is 71.4 Å². The van der Waals surface area contributed by atoms with Crippen LogP contribution in [0.15, 0.2) is 48.5 Å². The first-order chi connectivity index (χ1) is 15.9. The molecule has 2 aromatic rings. The van der Waals surface area contributed by atoms with E-state index in [0.29, 0.717) is 17.7 Å². The fourth-order valence-electron chi connectivity index (χ4n) is 2.72. The van der Waals surface area contributed by atoms with Gasteiger partial charge in [-0.2, -0.15) is 0 Å². The summed E-state index contributed by atoms with van der Waals surface area (Å²) >= 11 is 9.81. The van der Waals surface area contributed by atoms with Gasteiger partial charge in [-0.05, 0) is 37.1 Å². The second-order valence-electron chi connectivity index (χ2n) is 6.53. The summed E-state index contributed by atoms with van der Waals surface area (Å²) in [5.74, 6) is -2.07. The van der Waals surface area contributed by atoms with E-state index in [1.807, 2.05) is 0 Å². The quantitative estimate of drug-likeness (QED) is 0.208. The normalized spacial score (nSPS) is 13.8. The van der Waals surface area contributed by atoms with Gasteiger partial charge in [0, 0.05) is 16.0 Å². The third-order valence-corrected chi connectivity index (χ3v) is 5.98. The van der Waals surface area contributed by atoms with Crippen molar-refractivity contribution < 1.29 is 29.2 Å². The maximum absolute atomic E-state index is 11.8. The van der Waals surface area contributed by atoms with Crippen LogP contribution in [0.2, 0.25) is 0 Å². The highest BCUT2D eigenvalue weighted by atomic mass is 79.9. The van der Waals surface area contributed by atoms with Crippen LogP contribution in [-0.4, -0.2) is 61.6 Å². The second kappa shape index (κ2) is 13.7. The molecule has 1 N–H and O–H groups in total. The monoisotopic (exact) mass is 646 g/mol. The number of alkyl halides is 3. The molecule has 0 atom stereocenters.